The maximum absolute atomic E-state index is 12.6. The van der Waals surface area contributed by atoms with Crippen molar-refractivity contribution in [2.45, 2.75) is 31.0 Å². The fourth-order valence-corrected chi connectivity index (χ4v) is 5.85. The van der Waals surface area contributed by atoms with Crippen LogP contribution in [0.4, 0.5) is 22.8 Å². The Morgan fingerprint density at radius 3 is 2.54 bits per heavy atom. The van der Waals surface area contributed by atoms with E-state index in [-0.39, 0.29) is 11.4 Å². The molecule has 3 amide bonds. The molecule has 4 fully saturated rings. The minimum absolute atomic E-state index is 0.0180. The number of amides is 3. The molecule has 3 saturated heterocycles. The second-order valence-electron chi connectivity index (χ2n) is 8.58. The van der Waals surface area contributed by atoms with Gasteiger partial charge in [-0.25, -0.2) is 14.6 Å². The number of carbonyl (C=O) groups is 2. The number of urea groups is 1. The standard InChI is InChI=1S/C17H19F3N4O3S/c18-17(19,20)11-4-28-12(21-11)1-10-2-15(3-10)5-23(6-15)14(26)24-7-16(8-24)9-27-13(25)22-16/h4,10H,1-3,5-9H2,(H,22,25). The first-order chi connectivity index (χ1) is 13.2. The highest BCUT2D eigenvalue weighted by molar-refractivity contribution is 7.09. The van der Waals surface area contributed by atoms with E-state index in [0.29, 0.717) is 50.1 Å². The normalized spacial score (nSPS) is 25.2. The predicted octanol–water partition coefficient (Wildman–Crippen LogP) is 2.33. The molecule has 5 rings (SSSR count). The van der Waals surface area contributed by atoms with Crippen LogP contribution in [0.1, 0.15) is 23.5 Å². The topological polar surface area (TPSA) is 74.8 Å². The number of hydrogen-bond donors (Lipinski definition) is 1. The number of aromatic nitrogens is 1. The van der Waals surface area contributed by atoms with E-state index in [2.05, 4.69) is 10.3 Å². The number of ether oxygens (including phenoxy) is 1. The molecule has 11 heteroatoms. The van der Waals surface area contributed by atoms with Gasteiger partial charge < -0.3 is 19.9 Å². The van der Waals surface area contributed by atoms with Gasteiger partial charge in [0.25, 0.3) is 0 Å². The number of rotatable bonds is 2. The molecule has 1 aliphatic carbocycles. The average Bonchev–Trinajstić information content (AvgIpc) is 3.12. The Balaban J connectivity index is 1.07. The van der Waals surface area contributed by atoms with E-state index >= 15 is 0 Å². The first kappa shape index (κ1) is 18.0. The maximum atomic E-state index is 12.6. The van der Waals surface area contributed by atoms with Crippen molar-refractivity contribution in [3.8, 4) is 0 Å². The average molecular weight is 416 g/mol. The molecular weight excluding hydrogens is 397 g/mol. The molecule has 2 spiro atoms. The molecule has 1 N–H and O–H groups in total. The number of nitrogens with one attached hydrogen (secondary N) is 1. The van der Waals surface area contributed by atoms with Gasteiger partial charge in [0.15, 0.2) is 5.69 Å². The van der Waals surface area contributed by atoms with E-state index in [9.17, 15) is 22.8 Å². The molecule has 28 heavy (non-hydrogen) atoms. The molecule has 152 valence electrons. The van der Waals surface area contributed by atoms with Gasteiger partial charge in [-0.15, -0.1) is 11.3 Å². The van der Waals surface area contributed by atoms with Crippen molar-refractivity contribution in [2.75, 3.05) is 32.8 Å². The van der Waals surface area contributed by atoms with Crippen LogP contribution >= 0.6 is 11.3 Å². The van der Waals surface area contributed by atoms with Gasteiger partial charge >= 0.3 is 18.3 Å². The zero-order valence-corrected chi connectivity index (χ0v) is 15.7. The van der Waals surface area contributed by atoms with Crippen LogP contribution < -0.4 is 5.32 Å². The van der Waals surface area contributed by atoms with Crippen LogP contribution in [-0.4, -0.2) is 65.2 Å². The van der Waals surface area contributed by atoms with Crippen molar-refractivity contribution in [3.05, 3.63) is 16.1 Å². The summed E-state index contributed by atoms with van der Waals surface area (Å²) in [6.07, 6.45) is -2.40. The predicted molar refractivity (Wildman–Crippen MR) is 91.7 cm³/mol. The molecule has 1 saturated carbocycles. The highest BCUT2D eigenvalue weighted by Crippen LogP contribution is 2.53. The number of thiazole rings is 1. The zero-order valence-electron chi connectivity index (χ0n) is 14.9. The monoisotopic (exact) mass is 416 g/mol. The lowest BCUT2D eigenvalue weighted by Crippen LogP contribution is -2.74. The Morgan fingerprint density at radius 2 is 1.96 bits per heavy atom. The molecule has 7 nitrogen and oxygen atoms in total. The SMILES string of the molecule is O=C1NC2(CO1)CN(C(=O)N1CC3(CC(Cc4nc(C(F)(F)F)cs4)C3)C1)C2. The summed E-state index contributed by atoms with van der Waals surface area (Å²) in [6.45, 7) is 2.62. The summed E-state index contributed by atoms with van der Waals surface area (Å²) in [5.74, 6) is 0.336. The lowest BCUT2D eigenvalue weighted by Gasteiger charge is -2.60. The highest BCUT2D eigenvalue weighted by atomic mass is 32.1. The molecule has 1 aromatic rings. The first-order valence-corrected chi connectivity index (χ1v) is 10.0. The van der Waals surface area contributed by atoms with Gasteiger partial charge in [0.1, 0.15) is 12.1 Å². The second-order valence-corrected chi connectivity index (χ2v) is 9.52. The Morgan fingerprint density at radius 1 is 1.29 bits per heavy atom. The van der Waals surface area contributed by atoms with Gasteiger partial charge in [-0.3, -0.25) is 0 Å². The van der Waals surface area contributed by atoms with E-state index < -0.39 is 23.5 Å². The molecule has 0 radical (unpaired) electrons. The van der Waals surface area contributed by atoms with Crippen molar-refractivity contribution in [2.24, 2.45) is 11.3 Å². The minimum atomic E-state index is -4.38. The third-order valence-electron chi connectivity index (χ3n) is 6.18. The van der Waals surface area contributed by atoms with Gasteiger partial charge in [-0.2, -0.15) is 13.2 Å². The van der Waals surface area contributed by atoms with Crippen molar-refractivity contribution >= 4 is 23.5 Å². The smallest absolute Gasteiger partial charge is 0.434 e. The van der Waals surface area contributed by atoms with E-state index in [0.717, 1.165) is 29.6 Å². The quantitative estimate of drug-likeness (QED) is 0.803. The summed E-state index contributed by atoms with van der Waals surface area (Å²) in [5, 5.41) is 4.36. The van der Waals surface area contributed by atoms with Gasteiger partial charge in [-0.05, 0) is 18.8 Å². The van der Waals surface area contributed by atoms with E-state index in [1.165, 1.54) is 0 Å². The number of likely N-dealkylation sites (tertiary alicyclic amines) is 2. The Labute approximate surface area is 162 Å². The van der Waals surface area contributed by atoms with E-state index in [1.807, 2.05) is 4.90 Å². The van der Waals surface area contributed by atoms with Crippen LogP contribution in [0.2, 0.25) is 0 Å². The van der Waals surface area contributed by atoms with Crippen LogP contribution in [0, 0.1) is 11.3 Å². The van der Waals surface area contributed by atoms with Crippen LogP contribution in [0.25, 0.3) is 0 Å². The number of cyclic esters (lactones) is 1. The summed E-state index contributed by atoms with van der Waals surface area (Å²) in [5.41, 5.74) is -1.10. The molecule has 4 heterocycles. The van der Waals surface area contributed by atoms with Crippen LogP contribution in [-0.2, 0) is 17.3 Å². The van der Waals surface area contributed by atoms with Gasteiger partial charge in [0.05, 0.1) is 18.1 Å². The third-order valence-corrected chi connectivity index (χ3v) is 7.05. The lowest BCUT2D eigenvalue weighted by atomic mass is 9.57. The Kier molecular flexibility index (Phi) is 3.69. The summed E-state index contributed by atoms with van der Waals surface area (Å²) in [4.78, 5) is 30.9. The number of alkyl carbamates (subject to hydrolysis) is 1. The first-order valence-electron chi connectivity index (χ1n) is 9.16. The third kappa shape index (κ3) is 2.90. The van der Waals surface area contributed by atoms with Gasteiger partial charge in [0, 0.05) is 30.3 Å². The molecule has 4 aliphatic rings. The summed E-state index contributed by atoms with van der Waals surface area (Å²) < 4.78 is 42.8. The van der Waals surface area contributed by atoms with Crippen molar-refractivity contribution < 1.29 is 27.5 Å². The van der Waals surface area contributed by atoms with Crippen molar-refractivity contribution in [1.82, 2.24) is 20.1 Å². The Bertz CT molecular complexity index is 822. The Hall–Kier alpha value is -2.04. The number of hydrogen-bond acceptors (Lipinski definition) is 5. The van der Waals surface area contributed by atoms with Gasteiger partial charge in [0.2, 0.25) is 0 Å². The number of alkyl halides is 3. The molecule has 1 aromatic heterocycles. The van der Waals surface area contributed by atoms with Crippen LogP contribution in [0.15, 0.2) is 5.38 Å². The summed E-state index contributed by atoms with van der Waals surface area (Å²) in [7, 11) is 0. The lowest BCUT2D eigenvalue weighted by molar-refractivity contribution is -0.140. The molecule has 0 atom stereocenters. The number of nitrogens with zero attached hydrogens (tertiary/aromatic N) is 3. The van der Waals surface area contributed by atoms with Crippen molar-refractivity contribution in [3.63, 3.8) is 0 Å². The highest BCUT2D eigenvalue weighted by Gasteiger charge is 2.57. The van der Waals surface area contributed by atoms with Crippen LogP contribution in [0.5, 0.6) is 0 Å². The fraction of sp³-hybridized carbons (Fsp3) is 0.706. The molecule has 3 aliphatic heterocycles. The summed E-state index contributed by atoms with van der Waals surface area (Å²) >= 11 is 1.07. The molecule has 0 aromatic carbocycles. The van der Waals surface area contributed by atoms with Crippen LogP contribution in [0.3, 0.4) is 0 Å². The van der Waals surface area contributed by atoms with Crippen molar-refractivity contribution in [1.29, 1.82) is 0 Å². The zero-order chi connectivity index (χ0) is 19.7. The molecule has 0 unspecified atom stereocenters. The molecule has 0 bridgehead atoms. The minimum Gasteiger partial charge on any atom is -0.447 e. The summed E-state index contributed by atoms with van der Waals surface area (Å²) in [6, 6.07) is -0.0180. The fourth-order valence-electron chi connectivity index (χ4n) is 4.93. The van der Waals surface area contributed by atoms with E-state index in [1.54, 1.807) is 4.90 Å². The largest absolute Gasteiger partial charge is 0.447 e. The second kappa shape index (κ2) is 5.74. The van der Waals surface area contributed by atoms with E-state index in [4.69, 9.17) is 4.74 Å². The van der Waals surface area contributed by atoms with Gasteiger partial charge in [-0.1, -0.05) is 0 Å². The maximum Gasteiger partial charge on any atom is 0.434 e. The number of carbonyl (C=O) groups excluding carboxylic acids is 2. The molecular formula is C17H19F3N4O3S. The number of halogens is 3.